The number of furan rings is 1. The zero-order chi connectivity index (χ0) is 41.2. The van der Waals surface area contributed by atoms with E-state index in [-0.39, 0.29) is 32.2 Å². The number of phenolic OH excluding ortho intramolecular Hbond substituents is 1. The number of para-hydroxylation sites is 2. The van der Waals surface area contributed by atoms with Crippen LogP contribution in [0.15, 0.2) is 187 Å². The van der Waals surface area contributed by atoms with Gasteiger partial charge in [0, 0.05) is 43.1 Å². The van der Waals surface area contributed by atoms with E-state index in [0.29, 0.717) is 11.4 Å². The number of benzene rings is 8. The van der Waals surface area contributed by atoms with E-state index in [0.717, 1.165) is 94.1 Å². The summed E-state index contributed by atoms with van der Waals surface area (Å²) in [4.78, 5) is 10.4. The molecule has 302 valence electrons. The van der Waals surface area contributed by atoms with Crippen LogP contribution in [0.5, 0.6) is 5.75 Å². The molecule has 0 bridgehead atoms. The van der Waals surface area contributed by atoms with E-state index in [9.17, 15) is 5.11 Å². The number of hydrogen-bond donors (Lipinski definition) is 1. The summed E-state index contributed by atoms with van der Waals surface area (Å²) in [5.41, 5.74) is 13.8. The number of fused-ring (bicyclic) bond motifs is 6. The number of pyridine rings is 1. The van der Waals surface area contributed by atoms with Gasteiger partial charge in [0.05, 0.1) is 28.5 Å². The summed E-state index contributed by atoms with van der Waals surface area (Å²) in [5.74, 6) is 0.806. The minimum Gasteiger partial charge on any atom is -0.507 e. The van der Waals surface area contributed by atoms with Gasteiger partial charge >= 0.3 is 0 Å². The molecular weight excluding hydrogens is 942 g/mol. The molecule has 6 heteroatoms. The van der Waals surface area contributed by atoms with Crippen molar-refractivity contribution in [1.82, 2.24) is 14.5 Å². The summed E-state index contributed by atoms with van der Waals surface area (Å²) in [6.45, 7) is 6.72. The summed E-state index contributed by atoms with van der Waals surface area (Å²) in [6, 6.07) is 64.3. The predicted molar refractivity (Wildman–Crippen MR) is 250 cm³/mol. The minimum absolute atomic E-state index is 0. The summed E-state index contributed by atoms with van der Waals surface area (Å²) in [6.07, 6.45) is 1.83. The Labute approximate surface area is 374 Å². The van der Waals surface area contributed by atoms with Gasteiger partial charge in [-0.3, -0.25) is 9.55 Å². The molecule has 0 aliphatic rings. The van der Waals surface area contributed by atoms with Crippen molar-refractivity contribution in [3.63, 3.8) is 0 Å². The Morgan fingerprint density at radius 2 is 1.29 bits per heavy atom. The standard InChI is InChI=1S/C56H40N3O2.Pt/c1-56(2,3)41-26-27-48(45(32-41)36-17-8-5-9-18-36)59-49-23-14-22-43(54(49)58-55(59)44-21-12-13-24-50(44)60)39-29-38(35-15-6-4-7-16-35)30-40(31-39)47-33-46-52(34-57-47)61-51-28-25-37-19-10-11-20-42(37)53(46)51;/h4-30,32-34,60H,1-3H3;/q-1;. The summed E-state index contributed by atoms with van der Waals surface area (Å²) in [5, 5.41) is 15.8. The van der Waals surface area contributed by atoms with Gasteiger partial charge in [0.1, 0.15) is 17.2 Å². The molecular formula is C56H40N3O2Pt-. The molecule has 0 saturated carbocycles. The SMILES string of the molecule is CC(C)(C)c1ccc(-n2c(-c3ccccc3O)nc3c(-c4[c-]c(-c5cc6c(cn5)oc5ccc7ccccc7c56)cc(-c5ccccc5)c4)cccc32)c(-c2ccccc2)c1.[Pt]. The van der Waals surface area contributed by atoms with Gasteiger partial charge in [0.25, 0.3) is 0 Å². The first kappa shape index (κ1) is 39.1. The Balaban J connectivity index is 0.00000458. The van der Waals surface area contributed by atoms with E-state index in [1.807, 2.05) is 42.6 Å². The quantitative estimate of drug-likeness (QED) is 0.169. The Morgan fingerprint density at radius 3 is 2.08 bits per heavy atom. The molecule has 0 saturated heterocycles. The first-order valence-electron chi connectivity index (χ1n) is 20.6. The van der Waals surface area contributed by atoms with Gasteiger partial charge in [0.2, 0.25) is 0 Å². The number of imidazole rings is 1. The number of hydrogen-bond acceptors (Lipinski definition) is 4. The zero-order valence-electron chi connectivity index (χ0n) is 34.3. The van der Waals surface area contributed by atoms with Crippen LogP contribution in [0, 0.1) is 6.07 Å². The molecule has 0 unspecified atom stereocenters. The average molecular weight is 982 g/mol. The maximum Gasteiger partial charge on any atom is 0.152 e. The molecule has 1 N–H and O–H groups in total. The molecule has 0 amide bonds. The number of aromatic hydroxyl groups is 1. The number of nitrogens with zero attached hydrogens (tertiary/aromatic N) is 3. The van der Waals surface area contributed by atoms with Crippen LogP contribution in [0.4, 0.5) is 0 Å². The Bertz CT molecular complexity index is 3470. The number of rotatable bonds is 6. The summed E-state index contributed by atoms with van der Waals surface area (Å²) < 4.78 is 8.54. The second kappa shape index (κ2) is 15.4. The van der Waals surface area contributed by atoms with Gasteiger partial charge in [-0.25, -0.2) is 4.98 Å². The minimum atomic E-state index is -0.0675. The van der Waals surface area contributed by atoms with Gasteiger partial charge in [-0.1, -0.05) is 165 Å². The van der Waals surface area contributed by atoms with Crippen LogP contribution < -0.4 is 0 Å². The van der Waals surface area contributed by atoms with Crippen LogP contribution in [-0.4, -0.2) is 19.6 Å². The first-order chi connectivity index (χ1) is 29.8. The van der Waals surface area contributed by atoms with Crippen molar-refractivity contribution >= 4 is 43.7 Å². The monoisotopic (exact) mass is 981 g/mol. The third-order valence-corrected chi connectivity index (χ3v) is 11.8. The molecule has 5 nitrogen and oxygen atoms in total. The van der Waals surface area contributed by atoms with Crippen molar-refractivity contribution in [1.29, 1.82) is 0 Å². The maximum absolute atomic E-state index is 11.4. The first-order valence-corrected chi connectivity index (χ1v) is 20.6. The third-order valence-electron chi connectivity index (χ3n) is 11.8. The van der Waals surface area contributed by atoms with Crippen LogP contribution in [0.2, 0.25) is 0 Å². The molecule has 0 aliphatic heterocycles. The smallest absolute Gasteiger partial charge is 0.152 e. The second-order valence-electron chi connectivity index (χ2n) is 16.7. The Morgan fingerprint density at radius 1 is 0.581 bits per heavy atom. The van der Waals surface area contributed by atoms with Crippen molar-refractivity contribution in [3.05, 3.63) is 194 Å². The number of aromatic nitrogens is 3. The molecule has 0 fully saturated rings. The number of phenols is 1. The molecule has 3 aromatic heterocycles. The van der Waals surface area contributed by atoms with Gasteiger partial charge in [0.15, 0.2) is 5.58 Å². The van der Waals surface area contributed by atoms with Gasteiger partial charge in [-0.05, 0) is 69.3 Å². The molecule has 0 atom stereocenters. The van der Waals surface area contributed by atoms with E-state index >= 15 is 0 Å². The van der Waals surface area contributed by atoms with Crippen LogP contribution in [0.25, 0.3) is 105 Å². The molecule has 8 aromatic carbocycles. The molecule has 62 heavy (non-hydrogen) atoms. The van der Waals surface area contributed by atoms with E-state index < -0.39 is 0 Å². The second-order valence-corrected chi connectivity index (χ2v) is 16.7. The Hall–Kier alpha value is -7.07. The van der Waals surface area contributed by atoms with Gasteiger partial charge in [-0.2, -0.15) is 0 Å². The van der Waals surface area contributed by atoms with Crippen LogP contribution >= 0.6 is 0 Å². The molecule has 11 aromatic rings. The average Bonchev–Trinajstić information content (AvgIpc) is 3.88. The fourth-order valence-electron chi connectivity index (χ4n) is 8.70. The summed E-state index contributed by atoms with van der Waals surface area (Å²) in [7, 11) is 0. The zero-order valence-corrected chi connectivity index (χ0v) is 36.6. The van der Waals surface area contributed by atoms with E-state index in [1.54, 1.807) is 6.07 Å². The molecule has 11 rings (SSSR count). The van der Waals surface area contributed by atoms with Crippen LogP contribution in [-0.2, 0) is 26.5 Å². The molecule has 0 radical (unpaired) electrons. The largest absolute Gasteiger partial charge is 0.507 e. The molecule has 0 aliphatic carbocycles. The normalized spacial score (nSPS) is 11.7. The Kier molecular flexibility index (Phi) is 9.73. The van der Waals surface area contributed by atoms with Crippen molar-refractivity contribution in [2.75, 3.05) is 0 Å². The fourth-order valence-corrected chi connectivity index (χ4v) is 8.70. The summed E-state index contributed by atoms with van der Waals surface area (Å²) >= 11 is 0. The van der Waals surface area contributed by atoms with E-state index in [2.05, 4.69) is 165 Å². The van der Waals surface area contributed by atoms with Crippen molar-refractivity contribution in [2.45, 2.75) is 26.2 Å². The predicted octanol–water partition coefficient (Wildman–Crippen LogP) is 14.6. The molecule has 3 heterocycles. The molecule has 0 spiro atoms. The van der Waals surface area contributed by atoms with Crippen LogP contribution in [0.3, 0.4) is 0 Å². The maximum atomic E-state index is 11.4. The van der Waals surface area contributed by atoms with Crippen LogP contribution in [0.1, 0.15) is 26.3 Å². The van der Waals surface area contributed by atoms with Crippen molar-refractivity contribution in [3.8, 4) is 67.5 Å². The van der Waals surface area contributed by atoms with Crippen molar-refractivity contribution in [2.24, 2.45) is 0 Å². The third kappa shape index (κ3) is 6.70. The van der Waals surface area contributed by atoms with Gasteiger partial charge < -0.3 is 9.52 Å². The fraction of sp³-hybridized carbons (Fsp3) is 0.0714. The van der Waals surface area contributed by atoms with Gasteiger partial charge in [-0.15, -0.1) is 23.8 Å². The van der Waals surface area contributed by atoms with E-state index in [4.69, 9.17) is 14.4 Å². The van der Waals surface area contributed by atoms with Crippen molar-refractivity contribution < 1.29 is 30.6 Å². The topological polar surface area (TPSA) is 64.1 Å². The van der Waals surface area contributed by atoms with E-state index in [1.165, 1.54) is 5.56 Å².